The highest BCUT2D eigenvalue weighted by molar-refractivity contribution is 6.31. The average molecular weight is 282 g/mol. The second-order valence-corrected chi connectivity index (χ2v) is 5.69. The molecule has 0 spiro atoms. The zero-order valence-electron chi connectivity index (χ0n) is 11.1. The van der Waals surface area contributed by atoms with Crippen LogP contribution in [0.2, 0.25) is 5.02 Å². The van der Waals surface area contributed by atoms with Crippen LogP contribution in [0.15, 0.2) is 23.4 Å². The van der Waals surface area contributed by atoms with Gasteiger partial charge >= 0.3 is 0 Å². The minimum absolute atomic E-state index is 0.0750. The lowest BCUT2D eigenvalue weighted by atomic mass is 10.1. The van der Waals surface area contributed by atoms with E-state index in [0.717, 1.165) is 18.0 Å². The lowest BCUT2D eigenvalue weighted by Gasteiger charge is -2.13. The first-order valence-corrected chi connectivity index (χ1v) is 6.97. The molecule has 0 amide bonds. The Labute approximate surface area is 118 Å². The van der Waals surface area contributed by atoms with Crippen LogP contribution in [-0.4, -0.2) is 17.1 Å². The van der Waals surface area contributed by atoms with Crippen molar-refractivity contribution in [1.82, 2.24) is 5.32 Å². The molecule has 0 radical (unpaired) electrons. The van der Waals surface area contributed by atoms with E-state index in [0.29, 0.717) is 16.6 Å². The molecule has 0 aliphatic heterocycles. The molecule has 0 bridgehead atoms. The monoisotopic (exact) mass is 281 g/mol. The second-order valence-electron chi connectivity index (χ2n) is 5.29. The molecule has 1 aliphatic carbocycles. The summed E-state index contributed by atoms with van der Waals surface area (Å²) >= 11 is 6.21. The summed E-state index contributed by atoms with van der Waals surface area (Å²) in [7, 11) is 0. The van der Waals surface area contributed by atoms with Gasteiger partial charge in [-0.05, 0) is 36.8 Å². The molecule has 0 aromatic heterocycles. The number of halogens is 1. The highest BCUT2D eigenvalue weighted by Crippen LogP contribution is 2.25. The number of rotatable bonds is 4. The average Bonchev–Trinajstić information content (AvgIpc) is 2.82. The molecule has 2 unspecified atom stereocenters. The highest BCUT2D eigenvalue weighted by atomic mass is 35.5. The van der Waals surface area contributed by atoms with E-state index in [1.165, 1.54) is 19.3 Å². The fraction of sp³-hybridized carbons (Fsp3) is 0.500. The van der Waals surface area contributed by atoms with Crippen LogP contribution in [-0.2, 0) is 6.54 Å². The number of hydrogen-bond donors (Lipinski definition) is 3. The van der Waals surface area contributed by atoms with Gasteiger partial charge < -0.3 is 16.3 Å². The Bertz CT molecular complexity index is 476. The van der Waals surface area contributed by atoms with Crippen LogP contribution in [0.1, 0.15) is 37.3 Å². The van der Waals surface area contributed by atoms with Crippen molar-refractivity contribution in [3.8, 4) is 0 Å². The van der Waals surface area contributed by atoms with Crippen molar-refractivity contribution in [3.63, 3.8) is 0 Å². The van der Waals surface area contributed by atoms with Crippen molar-refractivity contribution >= 4 is 17.4 Å². The molecule has 1 aliphatic rings. The van der Waals surface area contributed by atoms with Crippen LogP contribution in [0, 0.1) is 5.92 Å². The number of benzene rings is 1. The summed E-state index contributed by atoms with van der Waals surface area (Å²) in [6.07, 6.45) is 3.77. The van der Waals surface area contributed by atoms with Crippen molar-refractivity contribution in [2.75, 3.05) is 0 Å². The van der Waals surface area contributed by atoms with Gasteiger partial charge in [-0.3, -0.25) is 0 Å². The van der Waals surface area contributed by atoms with Gasteiger partial charge in [0.2, 0.25) is 0 Å². The van der Waals surface area contributed by atoms with E-state index in [4.69, 9.17) is 22.5 Å². The minimum atomic E-state index is 0.0750. The molecule has 1 aromatic rings. The number of amidine groups is 1. The van der Waals surface area contributed by atoms with Gasteiger partial charge in [0.05, 0.1) is 0 Å². The third kappa shape index (κ3) is 3.61. The maximum Gasteiger partial charge on any atom is 0.170 e. The molecule has 4 nitrogen and oxygen atoms in total. The third-order valence-corrected chi connectivity index (χ3v) is 4.08. The molecule has 2 rings (SSSR count). The van der Waals surface area contributed by atoms with Crippen LogP contribution in [0.4, 0.5) is 0 Å². The lowest BCUT2D eigenvalue weighted by molar-refractivity contribution is 0.318. The fourth-order valence-electron chi connectivity index (χ4n) is 2.55. The lowest BCUT2D eigenvalue weighted by Crippen LogP contribution is -2.26. The molecular weight excluding hydrogens is 262 g/mol. The van der Waals surface area contributed by atoms with E-state index in [9.17, 15) is 0 Å². The molecule has 2 atom stereocenters. The van der Waals surface area contributed by atoms with E-state index >= 15 is 0 Å². The Morgan fingerprint density at radius 1 is 1.53 bits per heavy atom. The molecule has 4 N–H and O–H groups in total. The molecule has 1 saturated carbocycles. The van der Waals surface area contributed by atoms with Gasteiger partial charge in [0, 0.05) is 23.2 Å². The number of hydrogen-bond acceptors (Lipinski definition) is 3. The largest absolute Gasteiger partial charge is 0.409 e. The Morgan fingerprint density at radius 2 is 2.32 bits per heavy atom. The maximum atomic E-state index is 8.63. The second kappa shape index (κ2) is 6.26. The van der Waals surface area contributed by atoms with Crippen molar-refractivity contribution in [1.29, 1.82) is 0 Å². The molecule has 0 heterocycles. The molecule has 0 saturated heterocycles. The Morgan fingerprint density at radius 3 is 2.89 bits per heavy atom. The van der Waals surface area contributed by atoms with Crippen molar-refractivity contribution in [3.05, 3.63) is 34.3 Å². The topological polar surface area (TPSA) is 70.6 Å². The first kappa shape index (κ1) is 14.2. The normalized spacial score (nSPS) is 23.8. The fourth-order valence-corrected chi connectivity index (χ4v) is 2.80. The Hall–Kier alpha value is -1.26. The number of nitrogens with zero attached hydrogens (tertiary/aromatic N) is 1. The van der Waals surface area contributed by atoms with Crippen molar-refractivity contribution in [2.45, 2.75) is 38.8 Å². The first-order chi connectivity index (χ1) is 9.10. The van der Waals surface area contributed by atoms with Gasteiger partial charge in [0.25, 0.3) is 0 Å². The van der Waals surface area contributed by atoms with E-state index < -0.39 is 0 Å². The van der Waals surface area contributed by atoms with Crippen LogP contribution in [0.5, 0.6) is 0 Å². The first-order valence-electron chi connectivity index (χ1n) is 6.60. The van der Waals surface area contributed by atoms with Crippen LogP contribution in [0.3, 0.4) is 0 Å². The summed E-state index contributed by atoms with van der Waals surface area (Å²) in [5.74, 6) is 0.891. The zero-order valence-corrected chi connectivity index (χ0v) is 11.8. The summed E-state index contributed by atoms with van der Waals surface area (Å²) < 4.78 is 0. The molecular formula is C14H20ClN3O. The highest BCUT2D eigenvalue weighted by Gasteiger charge is 2.20. The van der Waals surface area contributed by atoms with Crippen molar-refractivity contribution in [2.24, 2.45) is 16.8 Å². The smallest absolute Gasteiger partial charge is 0.170 e. The summed E-state index contributed by atoms with van der Waals surface area (Å²) in [5.41, 5.74) is 7.20. The quantitative estimate of drug-likeness (QED) is 0.344. The Kier molecular flexibility index (Phi) is 4.66. The van der Waals surface area contributed by atoms with Gasteiger partial charge in [-0.1, -0.05) is 35.8 Å². The molecule has 19 heavy (non-hydrogen) atoms. The van der Waals surface area contributed by atoms with Crippen LogP contribution >= 0.6 is 11.6 Å². The van der Waals surface area contributed by atoms with Crippen molar-refractivity contribution < 1.29 is 5.21 Å². The van der Waals surface area contributed by atoms with Gasteiger partial charge in [-0.2, -0.15) is 0 Å². The number of nitrogens with two attached hydrogens (primary N) is 1. The number of nitrogens with one attached hydrogen (secondary N) is 1. The van der Waals surface area contributed by atoms with E-state index in [1.54, 1.807) is 6.07 Å². The Balaban J connectivity index is 1.97. The zero-order chi connectivity index (χ0) is 13.8. The SMILES string of the molecule is CC1CCC(NCc2ccc(/C(N)=N/O)cc2Cl)C1. The predicted octanol–water partition coefficient (Wildman–Crippen LogP) is 2.71. The van der Waals surface area contributed by atoms with Gasteiger partial charge in [-0.15, -0.1) is 0 Å². The predicted molar refractivity (Wildman–Crippen MR) is 77.6 cm³/mol. The molecule has 5 heteroatoms. The third-order valence-electron chi connectivity index (χ3n) is 3.73. The summed E-state index contributed by atoms with van der Waals surface area (Å²) in [4.78, 5) is 0. The van der Waals surface area contributed by atoms with E-state index in [-0.39, 0.29) is 5.84 Å². The van der Waals surface area contributed by atoms with E-state index in [1.807, 2.05) is 12.1 Å². The van der Waals surface area contributed by atoms with Crippen LogP contribution in [0.25, 0.3) is 0 Å². The van der Waals surface area contributed by atoms with Gasteiger partial charge in [-0.25, -0.2) is 0 Å². The maximum absolute atomic E-state index is 8.63. The molecule has 1 aromatic carbocycles. The number of oxime groups is 1. The van der Waals surface area contributed by atoms with Crippen LogP contribution < -0.4 is 11.1 Å². The van der Waals surface area contributed by atoms with E-state index in [2.05, 4.69) is 17.4 Å². The minimum Gasteiger partial charge on any atom is -0.409 e. The summed E-state index contributed by atoms with van der Waals surface area (Å²) in [6, 6.07) is 6.05. The van der Waals surface area contributed by atoms with Gasteiger partial charge in [0.15, 0.2) is 5.84 Å². The molecule has 1 fully saturated rings. The standard InChI is InChI=1S/C14H20ClN3O/c1-9-2-5-12(6-9)17-8-11-4-3-10(7-13(11)15)14(16)18-19/h3-4,7,9,12,17,19H,2,5-6,8H2,1H3,(H2,16,18). The summed E-state index contributed by atoms with van der Waals surface area (Å²) in [5, 5.41) is 15.8. The molecule has 104 valence electrons. The summed E-state index contributed by atoms with van der Waals surface area (Å²) in [6.45, 7) is 3.05. The van der Waals surface area contributed by atoms with Gasteiger partial charge in [0.1, 0.15) is 0 Å².